The van der Waals surface area contributed by atoms with Crippen molar-refractivity contribution < 1.29 is 38.9 Å². The summed E-state index contributed by atoms with van der Waals surface area (Å²) in [5.74, 6) is -2.37. The molecule has 304 valence electrons. The number of rotatable bonds is 14. The molecule has 0 fully saturated rings. The fourth-order valence-electron chi connectivity index (χ4n) is 5.41. The third-order valence-corrected chi connectivity index (χ3v) is 9.73. The zero-order chi connectivity index (χ0) is 42.8. The summed E-state index contributed by atoms with van der Waals surface area (Å²) < 4.78 is 12.4. The molecule has 0 spiro atoms. The average molecular weight is 843 g/mol. The first-order chi connectivity index (χ1) is 27.9. The van der Waals surface area contributed by atoms with Crippen LogP contribution in [-0.2, 0) is 26.8 Å². The van der Waals surface area contributed by atoms with Crippen LogP contribution in [0.4, 0.5) is 33.3 Å². The molecule has 2 aromatic carbocycles. The lowest BCUT2D eigenvalue weighted by Crippen LogP contribution is -2.14. The predicted molar refractivity (Wildman–Crippen MR) is 212 cm³/mol. The Morgan fingerprint density at radius 2 is 1.24 bits per heavy atom. The Kier molecular flexibility index (Phi) is 11.4. The Balaban J connectivity index is 1.24. The van der Waals surface area contributed by atoms with E-state index in [1.807, 2.05) is 41.5 Å². The molecule has 0 bridgehead atoms. The summed E-state index contributed by atoms with van der Waals surface area (Å²) in [5, 5.41) is 63.8. The van der Waals surface area contributed by atoms with Gasteiger partial charge in [0.1, 0.15) is 21.5 Å². The smallest absolute Gasteiger partial charge is 0.337 e. The number of nitrogen functional groups attached to an aromatic ring is 2. The Morgan fingerprint density at radius 1 is 0.712 bits per heavy atom. The summed E-state index contributed by atoms with van der Waals surface area (Å²) in [6.07, 6.45) is 0.220. The van der Waals surface area contributed by atoms with Crippen molar-refractivity contribution in [2.45, 2.75) is 58.8 Å². The van der Waals surface area contributed by atoms with Gasteiger partial charge < -0.3 is 31.2 Å². The van der Waals surface area contributed by atoms with E-state index in [2.05, 4.69) is 51.0 Å². The fraction of sp³-hybridized carbons (Fsp3) is 0.257. The number of carboxylic acid groups (broad SMARTS) is 2. The Hall–Kier alpha value is -7.34. The zero-order valence-corrected chi connectivity index (χ0v) is 33.6. The van der Waals surface area contributed by atoms with Crippen LogP contribution in [0.1, 0.15) is 83.7 Å². The third kappa shape index (κ3) is 8.81. The number of carbonyl (C=O) groups is 4. The van der Waals surface area contributed by atoms with E-state index in [-0.39, 0.29) is 86.6 Å². The van der Waals surface area contributed by atoms with Gasteiger partial charge in [0.25, 0.3) is 23.2 Å². The molecule has 6 rings (SSSR count). The van der Waals surface area contributed by atoms with Crippen LogP contribution in [0, 0.1) is 0 Å². The largest absolute Gasteiger partial charge is 0.478 e. The van der Waals surface area contributed by atoms with Gasteiger partial charge in [-0.25, -0.2) is 19.0 Å². The third-order valence-electron chi connectivity index (χ3n) is 8.12. The number of aromatic nitrogens is 8. The average Bonchev–Trinajstić information content (AvgIpc) is 3.96. The molecule has 6 aromatic rings. The number of carbonyl (C=O) groups excluding carboxylic acids is 2. The van der Waals surface area contributed by atoms with E-state index in [1.165, 1.54) is 45.8 Å². The molecule has 0 aliphatic carbocycles. The Bertz CT molecular complexity index is 2670. The number of benzene rings is 2. The molecule has 4 aromatic heterocycles. The molecule has 0 saturated heterocycles. The van der Waals surface area contributed by atoms with Crippen molar-refractivity contribution in [3.05, 3.63) is 68.9 Å². The number of anilines is 2. The van der Waals surface area contributed by atoms with E-state index in [1.54, 1.807) is 0 Å². The van der Waals surface area contributed by atoms with Crippen molar-refractivity contribution in [2.75, 3.05) is 11.5 Å². The van der Waals surface area contributed by atoms with Crippen molar-refractivity contribution in [1.82, 2.24) is 40.0 Å². The number of carboxylic acids is 2. The summed E-state index contributed by atoms with van der Waals surface area (Å²) in [7, 11) is 0. The first-order valence-electron chi connectivity index (χ1n) is 17.1. The van der Waals surface area contributed by atoms with Crippen molar-refractivity contribution in [3.8, 4) is 22.9 Å². The van der Waals surface area contributed by atoms with Gasteiger partial charge in [-0.2, -0.15) is 10.2 Å². The molecule has 0 saturated carbocycles. The van der Waals surface area contributed by atoms with Gasteiger partial charge in [0.15, 0.2) is 28.8 Å². The SMILES string of the molecule is CC(C)(C)c1nn(-c2cc(C(=O)O)ccc2OC=O)c(N)c1N=Nc1nnc(Cc2nnc(N=Nc3c(C(C)(C)C)nn(-c4cc(OC=O)ccc4C(=O)O)c3N)s2)s1. The lowest BCUT2D eigenvalue weighted by Gasteiger charge is -2.15. The number of ether oxygens (including phenoxy) is 2. The minimum Gasteiger partial charge on any atom is -0.478 e. The molecule has 0 atom stereocenters. The van der Waals surface area contributed by atoms with Crippen LogP contribution in [0.15, 0.2) is 56.9 Å². The molecule has 59 heavy (non-hydrogen) atoms. The highest BCUT2D eigenvalue weighted by molar-refractivity contribution is 7.16. The summed E-state index contributed by atoms with van der Waals surface area (Å²) >= 11 is 2.26. The molecule has 0 aliphatic heterocycles. The number of aromatic carboxylic acids is 2. The second-order valence-electron chi connectivity index (χ2n) is 14.4. The minimum absolute atomic E-state index is 0.00406. The molecular weight excluding hydrogens is 809 g/mol. The number of azo groups is 2. The van der Waals surface area contributed by atoms with Gasteiger partial charge >= 0.3 is 11.9 Å². The monoisotopic (exact) mass is 842 g/mol. The summed E-state index contributed by atoms with van der Waals surface area (Å²) in [5.41, 5.74) is 12.9. The molecule has 6 N–H and O–H groups in total. The first-order valence-corrected chi connectivity index (χ1v) is 18.7. The number of nitrogens with two attached hydrogens (primary N) is 2. The molecule has 24 heteroatoms. The summed E-state index contributed by atoms with van der Waals surface area (Å²) in [6, 6.07) is 7.81. The number of nitrogens with zero attached hydrogens (tertiary/aromatic N) is 12. The second-order valence-corrected chi connectivity index (χ2v) is 16.5. The molecule has 22 nitrogen and oxygen atoms in total. The highest BCUT2D eigenvalue weighted by Gasteiger charge is 2.30. The quantitative estimate of drug-likeness (QED) is 0.0680. The van der Waals surface area contributed by atoms with Gasteiger partial charge in [-0.3, -0.25) is 9.59 Å². The van der Waals surface area contributed by atoms with E-state index in [0.717, 1.165) is 22.7 Å². The van der Waals surface area contributed by atoms with Crippen LogP contribution in [0.3, 0.4) is 0 Å². The summed E-state index contributed by atoms with van der Waals surface area (Å²) in [4.78, 5) is 45.9. The van der Waals surface area contributed by atoms with Gasteiger partial charge in [-0.05, 0) is 30.3 Å². The topological polar surface area (TPSA) is 316 Å². The maximum Gasteiger partial charge on any atom is 0.337 e. The van der Waals surface area contributed by atoms with Crippen LogP contribution in [0.5, 0.6) is 11.5 Å². The highest BCUT2D eigenvalue weighted by Crippen LogP contribution is 2.41. The lowest BCUT2D eigenvalue weighted by molar-refractivity contribution is -0.121. The van der Waals surface area contributed by atoms with Crippen molar-refractivity contribution in [3.63, 3.8) is 0 Å². The maximum atomic E-state index is 12.1. The van der Waals surface area contributed by atoms with Crippen LogP contribution < -0.4 is 20.9 Å². The molecule has 4 heterocycles. The highest BCUT2D eigenvalue weighted by atomic mass is 32.1. The van der Waals surface area contributed by atoms with Gasteiger partial charge in [-0.1, -0.05) is 64.2 Å². The second kappa shape index (κ2) is 16.3. The predicted octanol–water partition coefficient (Wildman–Crippen LogP) is 6.41. The van der Waals surface area contributed by atoms with E-state index in [4.69, 9.17) is 20.9 Å². The van der Waals surface area contributed by atoms with E-state index >= 15 is 0 Å². The lowest BCUT2D eigenvalue weighted by atomic mass is 9.91. The minimum atomic E-state index is -1.25. The molecule has 0 amide bonds. The van der Waals surface area contributed by atoms with E-state index < -0.39 is 22.8 Å². The maximum absolute atomic E-state index is 12.1. The van der Waals surface area contributed by atoms with Crippen LogP contribution in [0.25, 0.3) is 11.4 Å². The van der Waals surface area contributed by atoms with E-state index in [0.29, 0.717) is 21.4 Å². The van der Waals surface area contributed by atoms with Gasteiger partial charge in [0.05, 0.1) is 34.6 Å². The van der Waals surface area contributed by atoms with Gasteiger partial charge in [0, 0.05) is 16.9 Å². The van der Waals surface area contributed by atoms with Gasteiger partial charge in [-0.15, -0.1) is 40.9 Å². The molecule has 0 radical (unpaired) electrons. The van der Waals surface area contributed by atoms with Crippen molar-refractivity contribution in [1.29, 1.82) is 0 Å². The van der Waals surface area contributed by atoms with Crippen LogP contribution in [0.2, 0.25) is 0 Å². The summed E-state index contributed by atoms with van der Waals surface area (Å²) in [6.45, 7) is 11.7. The normalized spacial score (nSPS) is 12.0. The Morgan fingerprint density at radius 3 is 1.71 bits per heavy atom. The molecule has 0 aliphatic rings. The van der Waals surface area contributed by atoms with Crippen LogP contribution in [-0.4, -0.2) is 75.1 Å². The molecule has 0 unspecified atom stereocenters. The van der Waals surface area contributed by atoms with Crippen LogP contribution >= 0.6 is 22.7 Å². The van der Waals surface area contributed by atoms with Gasteiger partial charge in [0.2, 0.25) is 0 Å². The fourth-order valence-corrected chi connectivity index (χ4v) is 6.83. The first kappa shape index (κ1) is 41.3. The Labute approximate surface area is 341 Å². The number of hydrogen-bond acceptors (Lipinski definition) is 20. The standard InChI is InChI=1S/C35H34N14O8S2/c1-34(2,3)26-24(28(36)48(46-26)19-12-17(56-14-50)8-9-18(19)31(54)55)40-44-32-42-38-22(58-32)13-23-39-43-33(59-23)45-41-25-27(35(4,5)6)47-49(29(25)37)20-11-16(30(52)53)7-10-21(20)57-15-51/h7-12,14-15H,13,36-37H2,1-6H3,(H,52,53)(H,54,55). The number of hydrogen-bond donors (Lipinski definition) is 4. The van der Waals surface area contributed by atoms with E-state index in [9.17, 15) is 29.4 Å². The molecular formula is C35H34N14O8S2. The van der Waals surface area contributed by atoms with Crippen molar-refractivity contribution in [2.24, 2.45) is 20.5 Å². The zero-order valence-electron chi connectivity index (χ0n) is 32.0. The van der Waals surface area contributed by atoms with Crippen molar-refractivity contribution >= 4 is 80.8 Å².